The van der Waals surface area contributed by atoms with Crippen LogP contribution in [0.15, 0.2) is 18.2 Å². The summed E-state index contributed by atoms with van der Waals surface area (Å²) in [5, 5.41) is 3.21. The van der Waals surface area contributed by atoms with E-state index in [-0.39, 0.29) is 17.7 Å². The van der Waals surface area contributed by atoms with Crippen molar-refractivity contribution in [3.05, 3.63) is 24.0 Å². The van der Waals surface area contributed by atoms with Crippen molar-refractivity contribution >= 4 is 5.69 Å². The van der Waals surface area contributed by atoms with Crippen molar-refractivity contribution in [3.8, 4) is 5.75 Å². The Morgan fingerprint density at radius 1 is 1.47 bits per heavy atom. The monoisotopic (exact) mass is 210 g/mol. The first-order valence-electron chi connectivity index (χ1n) is 5.18. The maximum absolute atomic E-state index is 13.4. The Balaban J connectivity index is 2.03. The molecule has 1 atom stereocenters. The van der Waals surface area contributed by atoms with E-state index in [4.69, 9.17) is 10.5 Å². The topological polar surface area (TPSA) is 47.3 Å². The number of nitrogens with two attached hydrogens (primary N) is 1. The molecule has 0 aromatic heterocycles. The molecule has 0 bridgehead atoms. The first-order valence-corrected chi connectivity index (χ1v) is 5.18. The quantitative estimate of drug-likeness (QED) is 0.728. The third kappa shape index (κ3) is 2.59. The Hall–Kier alpha value is -1.29. The number of benzene rings is 1. The summed E-state index contributed by atoms with van der Waals surface area (Å²) < 4.78 is 18.9. The van der Waals surface area contributed by atoms with Crippen molar-refractivity contribution in [1.29, 1.82) is 0 Å². The SMILES string of the molecule is Nc1ccc(OC2CCCNC2)c(F)c1. The van der Waals surface area contributed by atoms with Gasteiger partial charge >= 0.3 is 0 Å². The second-order valence-corrected chi connectivity index (χ2v) is 3.78. The summed E-state index contributed by atoms with van der Waals surface area (Å²) in [7, 11) is 0. The van der Waals surface area contributed by atoms with Gasteiger partial charge in [0.1, 0.15) is 6.10 Å². The normalized spacial score (nSPS) is 21.3. The van der Waals surface area contributed by atoms with Gasteiger partial charge in [-0.1, -0.05) is 0 Å². The van der Waals surface area contributed by atoms with E-state index in [9.17, 15) is 4.39 Å². The molecule has 2 rings (SSSR count). The molecule has 1 aromatic carbocycles. The molecule has 3 N–H and O–H groups in total. The average Bonchev–Trinajstić information content (AvgIpc) is 2.24. The molecule has 82 valence electrons. The second-order valence-electron chi connectivity index (χ2n) is 3.78. The van der Waals surface area contributed by atoms with Gasteiger partial charge in [0.2, 0.25) is 0 Å². The molecular formula is C11H15FN2O. The number of nitrogens with one attached hydrogen (secondary N) is 1. The van der Waals surface area contributed by atoms with Gasteiger partial charge in [-0.15, -0.1) is 0 Å². The van der Waals surface area contributed by atoms with Crippen LogP contribution in [-0.2, 0) is 0 Å². The third-order valence-electron chi connectivity index (χ3n) is 2.50. The number of hydrogen-bond acceptors (Lipinski definition) is 3. The van der Waals surface area contributed by atoms with Gasteiger partial charge in [0.25, 0.3) is 0 Å². The van der Waals surface area contributed by atoms with E-state index in [1.165, 1.54) is 6.07 Å². The lowest BCUT2D eigenvalue weighted by atomic mass is 10.1. The molecule has 4 heteroatoms. The summed E-state index contributed by atoms with van der Waals surface area (Å²) in [4.78, 5) is 0. The molecule has 1 saturated heterocycles. The molecular weight excluding hydrogens is 195 g/mol. The van der Waals surface area contributed by atoms with E-state index in [1.54, 1.807) is 12.1 Å². The Morgan fingerprint density at radius 2 is 2.33 bits per heavy atom. The van der Waals surface area contributed by atoms with Gasteiger partial charge in [-0.05, 0) is 31.5 Å². The number of piperidine rings is 1. The minimum Gasteiger partial charge on any atom is -0.486 e. The Labute approximate surface area is 88.4 Å². The molecule has 1 aliphatic rings. The molecule has 1 aliphatic heterocycles. The minimum absolute atomic E-state index is 0.0666. The maximum atomic E-state index is 13.4. The van der Waals surface area contributed by atoms with E-state index >= 15 is 0 Å². The standard InChI is InChI=1S/C11H15FN2O/c12-10-6-8(13)3-4-11(10)15-9-2-1-5-14-7-9/h3-4,6,9,14H,1-2,5,7,13H2. The number of anilines is 1. The fourth-order valence-corrected chi connectivity index (χ4v) is 1.71. The van der Waals surface area contributed by atoms with Crippen LogP contribution in [0.1, 0.15) is 12.8 Å². The number of ether oxygens (including phenoxy) is 1. The maximum Gasteiger partial charge on any atom is 0.167 e. The van der Waals surface area contributed by atoms with Crippen LogP contribution in [0.5, 0.6) is 5.75 Å². The summed E-state index contributed by atoms with van der Waals surface area (Å²) in [6, 6.07) is 4.51. The van der Waals surface area contributed by atoms with Crippen molar-refractivity contribution in [2.45, 2.75) is 18.9 Å². The van der Waals surface area contributed by atoms with E-state index in [1.807, 2.05) is 0 Å². The molecule has 0 radical (unpaired) electrons. The van der Waals surface area contributed by atoms with E-state index < -0.39 is 0 Å². The summed E-state index contributed by atoms with van der Waals surface area (Å²) in [5.41, 5.74) is 5.87. The minimum atomic E-state index is -0.388. The first-order chi connectivity index (χ1) is 7.25. The van der Waals surface area contributed by atoms with E-state index in [0.717, 1.165) is 25.9 Å². The number of halogens is 1. The molecule has 0 spiro atoms. The zero-order valence-electron chi connectivity index (χ0n) is 8.50. The fourth-order valence-electron chi connectivity index (χ4n) is 1.71. The average molecular weight is 210 g/mol. The lowest BCUT2D eigenvalue weighted by Gasteiger charge is -2.24. The Kier molecular flexibility index (Phi) is 3.06. The Morgan fingerprint density at radius 3 is 3.00 bits per heavy atom. The summed E-state index contributed by atoms with van der Waals surface area (Å²) in [5.74, 6) is -0.0986. The highest BCUT2D eigenvalue weighted by atomic mass is 19.1. The van der Waals surface area contributed by atoms with Crippen molar-refractivity contribution in [3.63, 3.8) is 0 Å². The smallest absolute Gasteiger partial charge is 0.167 e. The molecule has 1 unspecified atom stereocenters. The molecule has 15 heavy (non-hydrogen) atoms. The predicted molar refractivity (Wildman–Crippen MR) is 57.3 cm³/mol. The largest absolute Gasteiger partial charge is 0.486 e. The number of hydrogen-bond donors (Lipinski definition) is 2. The lowest BCUT2D eigenvalue weighted by molar-refractivity contribution is 0.160. The lowest BCUT2D eigenvalue weighted by Crippen LogP contribution is -2.37. The van der Waals surface area contributed by atoms with E-state index in [0.29, 0.717) is 5.69 Å². The van der Waals surface area contributed by atoms with E-state index in [2.05, 4.69) is 5.32 Å². The van der Waals surface area contributed by atoms with Crippen LogP contribution < -0.4 is 15.8 Å². The Bertz CT molecular complexity index is 337. The van der Waals surface area contributed by atoms with Crippen LogP contribution in [-0.4, -0.2) is 19.2 Å². The van der Waals surface area contributed by atoms with Gasteiger partial charge < -0.3 is 15.8 Å². The van der Waals surface area contributed by atoms with Crippen LogP contribution in [0, 0.1) is 5.82 Å². The van der Waals surface area contributed by atoms with Crippen LogP contribution >= 0.6 is 0 Å². The summed E-state index contributed by atoms with van der Waals surface area (Å²) in [6.07, 6.45) is 2.11. The molecule has 3 nitrogen and oxygen atoms in total. The highest BCUT2D eigenvalue weighted by Crippen LogP contribution is 2.22. The number of nitrogen functional groups attached to an aromatic ring is 1. The van der Waals surface area contributed by atoms with Crippen LogP contribution in [0.4, 0.5) is 10.1 Å². The third-order valence-corrected chi connectivity index (χ3v) is 2.50. The summed E-state index contributed by atoms with van der Waals surface area (Å²) in [6.45, 7) is 1.80. The zero-order valence-corrected chi connectivity index (χ0v) is 8.50. The summed E-state index contributed by atoms with van der Waals surface area (Å²) >= 11 is 0. The van der Waals surface area contributed by atoms with Crippen LogP contribution in [0.2, 0.25) is 0 Å². The van der Waals surface area contributed by atoms with Gasteiger partial charge in [0.05, 0.1) is 0 Å². The van der Waals surface area contributed by atoms with Gasteiger partial charge in [-0.3, -0.25) is 0 Å². The van der Waals surface area contributed by atoms with Gasteiger partial charge in [0, 0.05) is 18.3 Å². The molecule has 0 aliphatic carbocycles. The van der Waals surface area contributed by atoms with Crippen molar-refractivity contribution in [2.75, 3.05) is 18.8 Å². The van der Waals surface area contributed by atoms with Crippen LogP contribution in [0.3, 0.4) is 0 Å². The molecule has 1 heterocycles. The predicted octanol–water partition coefficient (Wildman–Crippen LogP) is 1.54. The van der Waals surface area contributed by atoms with Crippen molar-refractivity contribution in [1.82, 2.24) is 5.32 Å². The first kappa shape index (κ1) is 10.2. The van der Waals surface area contributed by atoms with Crippen molar-refractivity contribution < 1.29 is 9.13 Å². The molecule has 1 fully saturated rings. The van der Waals surface area contributed by atoms with Gasteiger partial charge in [0.15, 0.2) is 11.6 Å². The van der Waals surface area contributed by atoms with Crippen molar-refractivity contribution in [2.24, 2.45) is 0 Å². The molecule has 1 aromatic rings. The highest BCUT2D eigenvalue weighted by Gasteiger charge is 2.16. The second kappa shape index (κ2) is 4.49. The van der Waals surface area contributed by atoms with Crippen LogP contribution in [0.25, 0.3) is 0 Å². The zero-order chi connectivity index (χ0) is 10.7. The molecule has 0 saturated carbocycles. The van der Waals surface area contributed by atoms with Gasteiger partial charge in [-0.25, -0.2) is 4.39 Å². The fraction of sp³-hybridized carbons (Fsp3) is 0.455. The molecule has 0 amide bonds. The number of rotatable bonds is 2. The van der Waals surface area contributed by atoms with Gasteiger partial charge in [-0.2, -0.15) is 0 Å². The highest BCUT2D eigenvalue weighted by molar-refractivity contribution is 5.42.